The molecule has 1 aliphatic rings. The molecule has 1 aliphatic heterocycles. The van der Waals surface area contributed by atoms with Gasteiger partial charge in [-0.1, -0.05) is 5.16 Å². The maximum Gasteiger partial charge on any atom is 0.471 e. The average molecular weight is 399 g/mol. The van der Waals surface area contributed by atoms with E-state index in [1.54, 1.807) is 49.9 Å². The van der Waals surface area contributed by atoms with Gasteiger partial charge in [0.2, 0.25) is 5.82 Å². The fourth-order valence-electron chi connectivity index (χ4n) is 2.65. The Kier molecular flexibility index (Phi) is 5.22. The number of ether oxygens (including phenoxy) is 2. The van der Waals surface area contributed by atoms with Crippen LogP contribution in [0, 0.1) is 0 Å². The Morgan fingerprint density at radius 2 is 1.89 bits per heavy atom. The van der Waals surface area contributed by atoms with Crippen LogP contribution in [0.5, 0.6) is 5.75 Å². The van der Waals surface area contributed by atoms with Crippen molar-refractivity contribution in [1.29, 1.82) is 0 Å². The Labute approximate surface area is 159 Å². The summed E-state index contributed by atoms with van der Waals surface area (Å²) in [5.74, 6) is -1.02. The van der Waals surface area contributed by atoms with Crippen LogP contribution in [0.4, 0.5) is 18.0 Å². The van der Waals surface area contributed by atoms with E-state index in [1.807, 2.05) is 0 Å². The quantitative estimate of drug-likeness (QED) is 0.772. The maximum absolute atomic E-state index is 12.5. The van der Waals surface area contributed by atoms with Crippen molar-refractivity contribution in [3.63, 3.8) is 0 Å². The molecule has 0 unspecified atom stereocenters. The van der Waals surface area contributed by atoms with Crippen LogP contribution in [-0.4, -0.2) is 45.9 Å². The van der Waals surface area contributed by atoms with Crippen molar-refractivity contribution in [1.82, 2.24) is 15.0 Å². The highest BCUT2D eigenvalue weighted by molar-refractivity contribution is 5.68. The van der Waals surface area contributed by atoms with Gasteiger partial charge in [0.15, 0.2) is 0 Å². The zero-order valence-electron chi connectivity index (χ0n) is 15.6. The number of carbonyl (C=O) groups is 1. The summed E-state index contributed by atoms with van der Waals surface area (Å²) in [4.78, 5) is 17.0. The summed E-state index contributed by atoms with van der Waals surface area (Å²) in [5, 5.41) is 3.34. The molecule has 28 heavy (non-hydrogen) atoms. The smallest absolute Gasteiger partial charge is 0.471 e. The Balaban J connectivity index is 1.58. The highest BCUT2D eigenvalue weighted by atomic mass is 19.4. The van der Waals surface area contributed by atoms with Gasteiger partial charge in [-0.2, -0.15) is 18.2 Å². The van der Waals surface area contributed by atoms with E-state index < -0.39 is 17.7 Å². The molecule has 0 radical (unpaired) electrons. The van der Waals surface area contributed by atoms with Gasteiger partial charge in [0, 0.05) is 18.5 Å². The molecular weight excluding hydrogens is 379 g/mol. The summed E-state index contributed by atoms with van der Waals surface area (Å²) < 4.78 is 53.0. The van der Waals surface area contributed by atoms with Crippen LogP contribution in [0.2, 0.25) is 0 Å². The molecule has 1 aromatic carbocycles. The summed E-state index contributed by atoms with van der Waals surface area (Å²) in [6.45, 7) is 6.34. The summed E-state index contributed by atoms with van der Waals surface area (Å²) in [7, 11) is 0. The lowest BCUT2D eigenvalue weighted by Gasteiger charge is -2.24. The molecule has 0 bridgehead atoms. The van der Waals surface area contributed by atoms with E-state index in [0.717, 1.165) is 0 Å². The number of nitrogens with zero attached hydrogens (tertiary/aromatic N) is 3. The van der Waals surface area contributed by atoms with E-state index >= 15 is 0 Å². The van der Waals surface area contributed by atoms with Gasteiger partial charge in [-0.15, -0.1) is 0 Å². The number of benzene rings is 1. The fourth-order valence-corrected chi connectivity index (χ4v) is 2.65. The first-order valence-electron chi connectivity index (χ1n) is 8.67. The van der Waals surface area contributed by atoms with Crippen LogP contribution in [-0.2, 0) is 10.9 Å². The SMILES string of the molecule is CC(C)(C)OC(=O)N1CC[C@H](Oc2ccc(-c3noc(C(F)(F)F)n3)cc2)C1. The lowest BCUT2D eigenvalue weighted by atomic mass is 10.2. The summed E-state index contributed by atoms with van der Waals surface area (Å²) in [6.07, 6.45) is -4.61. The van der Waals surface area contributed by atoms with E-state index in [1.165, 1.54) is 0 Å². The molecule has 0 aliphatic carbocycles. The molecule has 10 heteroatoms. The van der Waals surface area contributed by atoms with Crippen LogP contribution in [0.25, 0.3) is 11.4 Å². The highest BCUT2D eigenvalue weighted by Crippen LogP contribution is 2.30. The van der Waals surface area contributed by atoms with E-state index in [0.29, 0.717) is 30.8 Å². The van der Waals surface area contributed by atoms with Crippen molar-refractivity contribution < 1.29 is 32.0 Å². The third-order valence-corrected chi connectivity index (χ3v) is 3.88. The largest absolute Gasteiger partial charge is 0.489 e. The van der Waals surface area contributed by atoms with Crippen molar-refractivity contribution in [2.75, 3.05) is 13.1 Å². The molecule has 1 atom stereocenters. The molecule has 1 fully saturated rings. The van der Waals surface area contributed by atoms with Gasteiger partial charge in [-0.05, 0) is 45.0 Å². The zero-order chi connectivity index (χ0) is 20.5. The third kappa shape index (κ3) is 4.93. The molecule has 0 saturated carbocycles. The average Bonchev–Trinajstić information content (AvgIpc) is 3.23. The number of amides is 1. The van der Waals surface area contributed by atoms with E-state index in [9.17, 15) is 18.0 Å². The second kappa shape index (κ2) is 7.33. The van der Waals surface area contributed by atoms with Gasteiger partial charge < -0.3 is 18.9 Å². The Morgan fingerprint density at radius 3 is 2.46 bits per heavy atom. The van der Waals surface area contributed by atoms with E-state index in [-0.39, 0.29) is 18.0 Å². The second-order valence-electron chi connectivity index (χ2n) is 7.40. The third-order valence-electron chi connectivity index (χ3n) is 3.88. The Morgan fingerprint density at radius 1 is 1.21 bits per heavy atom. The zero-order valence-corrected chi connectivity index (χ0v) is 15.6. The number of carbonyl (C=O) groups excluding carboxylic acids is 1. The van der Waals surface area contributed by atoms with Crippen LogP contribution in [0.15, 0.2) is 28.8 Å². The van der Waals surface area contributed by atoms with Gasteiger partial charge in [-0.25, -0.2) is 4.79 Å². The molecule has 2 aromatic rings. The van der Waals surface area contributed by atoms with Gasteiger partial charge >= 0.3 is 18.2 Å². The van der Waals surface area contributed by atoms with E-state index in [4.69, 9.17) is 9.47 Å². The molecule has 2 heterocycles. The minimum Gasteiger partial charge on any atom is -0.489 e. The number of likely N-dealkylation sites (tertiary alicyclic amines) is 1. The van der Waals surface area contributed by atoms with E-state index in [2.05, 4.69) is 14.7 Å². The molecule has 0 spiro atoms. The lowest BCUT2D eigenvalue weighted by molar-refractivity contribution is -0.159. The second-order valence-corrected chi connectivity index (χ2v) is 7.40. The van der Waals surface area contributed by atoms with Crippen molar-refractivity contribution in [3.8, 4) is 17.1 Å². The number of alkyl halides is 3. The molecule has 3 rings (SSSR count). The predicted octanol–water partition coefficient (Wildman–Crippen LogP) is 4.14. The molecule has 1 aromatic heterocycles. The summed E-state index contributed by atoms with van der Waals surface area (Å²) in [6, 6.07) is 6.30. The van der Waals surface area contributed by atoms with Gasteiger partial charge in [-0.3, -0.25) is 0 Å². The molecule has 0 N–H and O–H groups in total. The van der Waals surface area contributed by atoms with Crippen molar-refractivity contribution in [3.05, 3.63) is 30.2 Å². The molecule has 1 saturated heterocycles. The number of rotatable bonds is 3. The van der Waals surface area contributed by atoms with Crippen LogP contribution < -0.4 is 4.74 Å². The fraction of sp³-hybridized carbons (Fsp3) is 0.500. The maximum atomic E-state index is 12.5. The Hall–Kier alpha value is -2.78. The van der Waals surface area contributed by atoms with Crippen molar-refractivity contribution in [2.45, 2.75) is 45.1 Å². The number of hydrogen-bond donors (Lipinski definition) is 0. The predicted molar refractivity (Wildman–Crippen MR) is 91.6 cm³/mol. The van der Waals surface area contributed by atoms with Crippen LogP contribution in [0.3, 0.4) is 0 Å². The summed E-state index contributed by atoms with van der Waals surface area (Å²) in [5.41, 5.74) is -0.194. The number of hydrogen-bond acceptors (Lipinski definition) is 6. The van der Waals surface area contributed by atoms with Gasteiger partial charge in [0.25, 0.3) is 0 Å². The first-order valence-corrected chi connectivity index (χ1v) is 8.67. The van der Waals surface area contributed by atoms with Crippen LogP contribution >= 0.6 is 0 Å². The monoisotopic (exact) mass is 399 g/mol. The topological polar surface area (TPSA) is 77.7 Å². The Bertz CT molecular complexity index is 828. The number of aromatic nitrogens is 2. The minimum atomic E-state index is -4.68. The summed E-state index contributed by atoms with van der Waals surface area (Å²) >= 11 is 0. The van der Waals surface area contributed by atoms with Crippen molar-refractivity contribution >= 4 is 6.09 Å². The van der Waals surface area contributed by atoms with Gasteiger partial charge in [0.05, 0.1) is 6.54 Å². The highest BCUT2D eigenvalue weighted by Gasteiger charge is 2.38. The van der Waals surface area contributed by atoms with Crippen LogP contribution in [0.1, 0.15) is 33.1 Å². The first kappa shape index (κ1) is 20.0. The van der Waals surface area contributed by atoms with Gasteiger partial charge in [0.1, 0.15) is 17.5 Å². The minimum absolute atomic E-state index is 0.157. The van der Waals surface area contributed by atoms with Crippen molar-refractivity contribution in [2.24, 2.45) is 0 Å². The molecular formula is C18H20F3N3O4. The first-order chi connectivity index (χ1) is 13.0. The molecule has 152 valence electrons. The lowest BCUT2D eigenvalue weighted by Crippen LogP contribution is -2.36. The standard InChI is InChI=1S/C18H20F3N3O4/c1-17(2,3)27-16(25)24-9-8-13(10-24)26-12-6-4-11(5-7-12)14-22-15(28-23-14)18(19,20)21/h4-7,13H,8-10H2,1-3H3/t13-/m0/s1. The molecule has 1 amide bonds. The normalized spacial score (nSPS) is 17.6. The number of halogens is 3. The molecule has 7 nitrogen and oxygen atoms in total.